The van der Waals surface area contributed by atoms with Gasteiger partial charge in [0.1, 0.15) is 4.88 Å². The van der Waals surface area contributed by atoms with Crippen LogP contribution < -0.4 is 19.5 Å². The Bertz CT molecular complexity index is 991. The number of nitrogens with one attached hydrogen (secondary N) is 1. The second-order valence-corrected chi connectivity index (χ2v) is 7.38. The molecule has 0 bridgehead atoms. The summed E-state index contributed by atoms with van der Waals surface area (Å²) < 4.78 is 21.1. The Morgan fingerprint density at radius 1 is 0.931 bits per heavy atom. The fraction of sp³-hybridized carbons (Fsp3) is 0.190. The Labute approximate surface area is 177 Å². The van der Waals surface area contributed by atoms with Crippen LogP contribution >= 0.6 is 22.9 Å². The van der Waals surface area contributed by atoms with Crippen molar-refractivity contribution in [2.75, 3.05) is 33.8 Å². The molecule has 3 rings (SSSR count). The van der Waals surface area contributed by atoms with Crippen LogP contribution in [0.4, 0.5) is 11.4 Å². The van der Waals surface area contributed by atoms with Crippen LogP contribution in [-0.2, 0) is 4.74 Å². The minimum atomic E-state index is -0.426. The maximum absolute atomic E-state index is 12.3. The van der Waals surface area contributed by atoms with E-state index in [1.165, 1.54) is 18.4 Å². The number of hydrogen-bond acceptors (Lipinski definition) is 7. The molecule has 0 aliphatic heterocycles. The molecule has 1 heterocycles. The van der Waals surface area contributed by atoms with E-state index in [0.717, 1.165) is 10.4 Å². The lowest BCUT2D eigenvalue weighted by Gasteiger charge is -2.15. The number of methoxy groups -OCH3 is 4. The van der Waals surface area contributed by atoms with Gasteiger partial charge in [0.25, 0.3) is 0 Å². The van der Waals surface area contributed by atoms with E-state index in [9.17, 15) is 4.79 Å². The first-order valence-electron chi connectivity index (χ1n) is 8.55. The molecule has 0 atom stereocenters. The van der Waals surface area contributed by atoms with Crippen molar-refractivity contribution in [1.29, 1.82) is 0 Å². The number of benzene rings is 2. The van der Waals surface area contributed by atoms with Gasteiger partial charge in [0.05, 0.1) is 34.1 Å². The molecule has 29 heavy (non-hydrogen) atoms. The second kappa shape index (κ2) is 9.07. The van der Waals surface area contributed by atoms with Crippen LogP contribution in [0.15, 0.2) is 42.5 Å². The highest BCUT2D eigenvalue weighted by Gasteiger charge is 2.20. The molecular weight excluding hydrogens is 414 g/mol. The van der Waals surface area contributed by atoms with Crippen molar-refractivity contribution in [3.05, 3.63) is 52.4 Å². The predicted octanol–water partition coefficient (Wildman–Crippen LogP) is 5.62. The van der Waals surface area contributed by atoms with Crippen LogP contribution in [0.5, 0.6) is 17.2 Å². The summed E-state index contributed by atoms with van der Waals surface area (Å²) in [5.41, 5.74) is 2.23. The van der Waals surface area contributed by atoms with Gasteiger partial charge in [0.2, 0.25) is 5.75 Å². The zero-order valence-corrected chi connectivity index (χ0v) is 17.9. The van der Waals surface area contributed by atoms with Gasteiger partial charge < -0.3 is 24.3 Å². The molecule has 0 radical (unpaired) electrons. The molecule has 6 nitrogen and oxygen atoms in total. The number of esters is 1. The maximum atomic E-state index is 12.3. The van der Waals surface area contributed by atoms with Gasteiger partial charge in [-0.2, -0.15) is 0 Å². The molecule has 0 saturated carbocycles. The topological polar surface area (TPSA) is 66.0 Å². The van der Waals surface area contributed by atoms with Gasteiger partial charge in [0, 0.05) is 27.7 Å². The van der Waals surface area contributed by atoms with Gasteiger partial charge >= 0.3 is 5.97 Å². The third-order valence-electron chi connectivity index (χ3n) is 4.18. The minimum Gasteiger partial charge on any atom is -0.493 e. The normalized spacial score (nSPS) is 10.4. The Morgan fingerprint density at radius 3 is 2.07 bits per heavy atom. The van der Waals surface area contributed by atoms with Crippen molar-refractivity contribution in [1.82, 2.24) is 0 Å². The van der Waals surface area contributed by atoms with Crippen LogP contribution in [-0.4, -0.2) is 34.4 Å². The Kier molecular flexibility index (Phi) is 6.51. The molecule has 1 aromatic heterocycles. The maximum Gasteiger partial charge on any atom is 0.350 e. The van der Waals surface area contributed by atoms with Gasteiger partial charge in [0.15, 0.2) is 11.5 Å². The fourth-order valence-electron chi connectivity index (χ4n) is 2.79. The van der Waals surface area contributed by atoms with Gasteiger partial charge in [-0.15, -0.1) is 11.3 Å². The summed E-state index contributed by atoms with van der Waals surface area (Å²) in [6.07, 6.45) is 0. The van der Waals surface area contributed by atoms with E-state index >= 15 is 0 Å². The molecule has 8 heteroatoms. The van der Waals surface area contributed by atoms with Gasteiger partial charge in [-0.3, -0.25) is 0 Å². The lowest BCUT2D eigenvalue weighted by molar-refractivity contribution is 0.0607. The summed E-state index contributed by atoms with van der Waals surface area (Å²) in [6, 6.07) is 12.8. The quantitative estimate of drug-likeness (QED) is 0.487. The smallest absolute Gasteiger partial charge is 0.350 e. The number of halogens is 1. The highest BCUT2D eigenvalue weighted by molar-refractivity contribution is 7.18. The van der Waals surface area contributed by atoms with Gasteiger partial charge in [-0.1, -0.05) is 23.7 Å². The average molecular weight is 434 g/mol. The molecule has 0 fully saturated rings. The van der Waals surface area contributed by atoms with E-state index in [-0.39, 0.29) is 0 Å². The van der Waals surface area contributed by atoms with E-state index < -0.39 is 5.97 Å². The largest absolute Gasteiger partial charge is 0.493 e. The summed E-state index contributed by atoms with van der Waals surface area (Å²) in [5.74, 6) is 1.07. The van der Waals surface area contributed by atoms with E-state index in [0.29, 0.717) is 38.5 Å². The van der Waals surface area contributed by atoms with E-state index in [1.807, 2.05) is 18.2 Å². The van der Waals surface area contributed by atoms with E-state index in [4.69, 9.17) is 30.5 Å². The lowest BCUT2D eigenvalue weighted by atomic mass is 10.2. The molecule has 2 aromatic carbocycles. The Balaban J connectivity index is 2.04. The zero-order valence-electron chi connectivity index (χ0n) is 16.4. The van der Waals surface area contributed by atoms with Crippen molar-refractivity contribution in [3.63, 3.8) is 0 Å². The molecule has 0 aliphatic rings. The summed E-state index contributed by atoms with van der Waals surface area (Å²) in [5, 5.41) is 3.91. The first kappa shape index (κ1) is 20.8. The number of carbonyl (C=O) groups is 1. The molecule has 1 N–H and O–H groups in total. The summed E-state index contributed by atoms with van der Waals surface area (Å²) in [6.45, 7) is 0. The molecule has 3 aromatic rings. The summed E-state index contributed by atoms with van der Waals surface area (Å²) in [7, 11) is 5.99. The highest BCUT2D eigenvalue weighted by Crippen LogP contribution is 2.42. The number of ether oxygens (including phenoxy) is 4. The number of hydrogen-bond donors (Lipinski definition) is 1. The Morgan fingerprint density at radius 2 is 1.55 bits per heavy atom. The average Bonchev–Trinajstić information content (AvgIpc) is 3.16. The van der Waals surface area contributed by atoms with Crippen LogP contribution in [0.25, 0.3) is 10.4 Å². The number of rotatable bonds is 7. The van der Waals surface area contributed by atoms with E-state index in [1.54, 1.807) is 45.6 Å². The molecule has 0 unspecified atom stereocenters. The standard InChI is InChI=1S/C21H20ClNO5S/c1-25-16-9-14(10-17(26-2)19(16)27-3)23-15-11-18(29-20(15)21(24)28-4)12-5-7-13(22)8-6-12/h5-11,23H,1-4H3. The van der Waals surface area contributed by atoms with E-state index in [2.05, 4.69) is 5.32 Å². The molecular formula is C21H20ClNO5S. The third kappa shape index (κ3) is 4.41. The first-order chi connectivity index (χ1) is 14.0. The number of carbonyl (C=O) groups excluding carboxylic acids is 1. The molecule has 0 amide bonds. The van der Waals surface area contributed by atoms with Gasteiger partial charge in [-0.25, -0.2) is 4.79 Å². The Hall–Kier alpha value is -2.90. The van der Waals surface area contributed by atoms with Crippen LogP contribution in [0.1, 0.15) is 9.67 Å². The predicted molar refractivity (Wildman–Crippen MR) is 115 cm³/mol. The van der Waals surface area contributed by atoms with Crippen molar-refractivity contribution >= 4 is 40.3 Å². The minimum absolute atomic E-state index is 0.426. The molecule has 152 valence electrons. The SMILES string of the molecule is COC(=O)c1sc(-c2ccc(Cl)cc2)cc1Nc1cc(OC)c(OC)c(OC)c1. The van der Waals surface area contributed by atoms with Crippen molar-refractivity contribution in [2.45, 2.75) is 0 Å². The van der Waals surface area contributed by atoms with Crippen LogP contribution in [0.3, 0.4) is 0 Å². The summed E-state index contributed by atoms with van der Waals surface area (Å²) in [4.78, 5) is 13.7. The van der Waals surface area contributed by atoms with Crippen molar-refractivity contribution < 1.29 is 23.7 Å². The van der Waals surface area contributed by atoms with Crippen LogP contribution in [0, 0.1) is 0 Å². The molecule has 0 spiro atoms. The second-order valence-electron chi connectivity index (χ2n) is 5.89. The van der Waals surface area contributed by atoms with Crippen LogP contribution in [0.2, 0.25) is 5.02 Å². The number of anilines is 2. The molecule has 0 saturated heterocycles. The first-order valence-corrected chi connectivity index (χ1v) is 9.75. The van der Waals surface area contributed by atoms with Crippen molar-refractivity contribution in [3.8, 4) is 27.7 Å². The lowest BCUT2D eigenvalue weighted by Crippen LogP contribution is -2.03. The molecule has 0 aliphatic carbocycles. The van der Waals surface area contributed by atoms with Gasteiger partial charge in [-0.05, 0) is 23.8 Å². The third-order valence-corrected chi connectivity index (χ3v) is 5.59. The fourth-order valence-corrected chi connectivity index (χ4v) is 3.96. The monoisotopic (exact) mass is 433 g/mol. The zero-order chi connectivity index (χ0) is 21.0. The summed E-state index contributed by atoms with van der Waals surface area (Å²) >= 11 is 7.31. The number of thiophene rings is 1. The van der Waals surface area contributed by atoms with Crippen molar-refractivity contribution in [2.24, 2.45) is 0 Å². The highest BCUT2D eigenvalue weighted by atomic mass is 35.5.